The van der Waals surface area contributed by atoms with Crippen LogP contribution in [0.5, 0.6) is 0 Å². The van der Waals surface area contributed by atoms with Gasteiger partial charge in [-0.15, -0.1) is 0 Å². The topological polar surface area (TPSA) is 86.8 Å². The molecule has 3 rings (SSSR count). The number of rotatable bonds is 11. The molecule has 1 atom stereocenters. The van der Waals surface area contributed by atoms with E-state index in [1.54, 1.807) is 44.2 Å². The second-order valence-electron chi connectivity index (χ2n) is 9.07. The lowest BCUT2D eigenvalue weighted by Crippen LogP contribution is -2.53. The average molecular weight is 611 g/mol. The molecule has 11 heteroatoms. The summed E-state index contributed by atoms with van der Waals surface area (Å²) in [4.78, 5) is 28.7. The van der Waals surface area contributed by atoms with Crippen molar-refractivity contribution < 1.29 is 18.0 Å². The molecule has 0 saturated heterocycles. The normalized spacial score (nSPS) is 12.1. The van der Waals surface area contributed by atoms with E-state index in [0.29, 0.717) is 27.2 Å². The quantitative estimate of drug-likeness (QED) is 0.311. The molecule has 0 spiro atoms. The van der Waals surface area contributed by atoms with Crippen molar-refractivity contribution in [1.82, 2.24) is 10.2 Å². The van der Waals surface area contributed by atoms with Gasteiger partial charge in [-0.1, -0.05) is 77.3 Å². The average Bonchev–Trinajstić information content (AvgIpc) is 2.88. The van der Waals surface area contributed by atoms with E-state index in [0.717, 1.165) is 21.7 Å². The van der Waals surface area contributed by atoms with Crippen LogP contribution in [-0.4, -0.2) is 50.5 Å². The Morgan fingerprint density at radius 2 is 1.59 bits per heavy atom. The van der Waals surface area contributed by atoms with Gasteiger partial charge in [0, 0.05) is 24.5 Å². The van der Waals surface area contributed by atoms with Gasteiger partial charge in [0.05, 0.1) is 22.0 Å². The molecule has 3 aromatic carbocycles. The second-order valence-corrected chi connectivity index (χ2v) is 12.2. The summed E-state index contributed by atoms with van der Waals surface area (Å²) in [6.45, 7) is 3.40. The highest BCUT2D eigenvalue weighted by Crippen LogP contribution is 2.27. The fourth-order valence-electron chi connectivity index (χ4n) is 4.03. The molecule has 0 aromatic heterocycles. The number of nitrogens with zero attached hydrogens (tertiary/aromatic N) is 2. The molecule has 0 bridgehead atoms. The molecule has 0 heterocycles. The van der Waals surface area contributed by atoms with Gasteiger partial charge in [0.2, 0.25) is 21.8 Å². The SMILES string of the molecule is CCNC(=O)C(Cc1ccccc1)N(Cc1ccc(Cl)c(Cl)c1)C(=O)CN(c1ccc(C)c(Cl)c1)S(C)(=O)=O. The number of carbonyl (C=O) groups excluding carboxylic acids is 2. The molecule has 3 aromatic rings. The lowest BCUT2D eigenvalue weighted by molar-refractivity contribution is -0.140. The van der Waals surface area contributed by atoms with Crippen molar-refractivity contribution in [3.05, 3.63) is 98.5 Å². The molecule has 1 unspecified atom stereocenters. The maximum atomic E-state index is 14.0. The number of amides is 2. The van der Waals surface area contributed by atoms with Gasteiger partial charge in [0.25, 0.3) is 0 Å². The first-order chi connectivity index (χ1) is 18.4. The minimum absolute atomic E-state index is 0.00336. The number of likely N-dealkylation sites (N-methyl/N-ethyl adjacent to an activating group) is 1. The molecule has 2 amide bonds. The van der Waals surface area contributed by atoms with Crippen LogP contribution in [-0.2, 0) is 32.6 Å². The Kier molecular flexibility index (Phi) is 10.7. The fraction of sp³-hybridized carbons (Fsp3) is 0.286. The molecule has 0 fully saturated rings. The maximum absolute atomic E-state index is 14.0. The summed E-state index contributed by atoms with van der Waals surface area (Å²) >= 11 is 18.6. The Hall–Kier alpha value is -2.78. The Balaban J connectivity index is 2.07. The summed E-state index contributed by atoms with van der Waals surface area (Å²) < 4.78 is 26.6. The van der Waals surface area contributed by atoms with Crippen LogP contribution in [0.2, 0.25) is 15.1 Å². The van der Waals surface area contributed by atoms with Gasteiger partial charge in [0.1, 0.15) is 12.6 Å². The van der Waals surface area contributed by atoms with E-state index in [4.69, 9.17) is 34.8 Å². The van der Waals surface area contributed by atoms with Crippen LogP contribution in [0, 0.1) is 6.92 Å². The van der Waals surface area contributed by atoms with Crippen molar-refractivity contribution in [3.63, 3.8) is 0 Å². The minimum atomic E-state index is -3.89. The van der Waals surface area contributed by atoms with E-state index in [-0.39, 0.29) is 24.6 Å². The number of benzene rings is 3. The molecule has 7 nitrogen and oxygen atoms in total. The van der Waals surface area contributed by atoms with Crippen molar-refractivity contribution in [1.29, 1.82) is 0 Å². The predicted molar refractivity (Wildman–Crippen MR) is 158 cm³/mol. The summed E-state index contributed by atoms with van der Waals surface area (Å²) in [6.07, 6.45) is 1.23. The number of carbonyl (C=O) groups is 2. The zero-order valence-electron chi connectivity index (χ0n) is 21.8. The van der Waals surface area contributed by atoms with Crippen LogP contribution < -0.4 is 9.62 Å². The van der Waals surface area contributed by atoms with Crippen LogP contribution in [0.3, 0.4) is 0 Å². The number of sulfonamides is 1. The highest BCUT2D eigenvalue weighted by Gasteiger charge is 2.33. The molecule has 39 heavy (non-hydrogen) atoms. The molecular weight excluding hydrogens is 581 g/mol. The number of aryl methyl sites for hydroxylation is 1. The second kappa shape index (κ2) is 13.5. The van der Waals surface area contributed by atoms with Crippen molar-refractivity contribution in [2.24, 2.45) is 0 Å². The molecule has 208 valence electrons. The lowest BCUT2D eigenvalue weighted by atomic mass is 10.0. The Labute approximate surface area is 244 Å². The van der Waals surface area contributed by atoms with Gasteiger partial charge in [-0.2, -0.15) is 0 Å². The first kappa shape index (κ1) is 30.8. The van der Waals surface area contributed by atoms with Crippen molar-refractivity contribution in [2.45, 2.75) is 32.9 Å². The standard InChI is InChI=1S/C28H30Cl3N3O4S/c1-4-32-28(36)26(15-20-8-6-5-7-9-20)33(17-21-11-13-23(29)25(31)14-21)27(35)18-34(39(3,37)38)22-12-10-19(2)24(30)16-22/h5-14,16,26H,4,15,17-18H2,1-3H3,(H,32,36). The van der Waals surface area contributed by atoms with E-state index in [1.165, 1.54) is 11.0 Å². The largest absolute Gasteiger partial charge is 0.355 e. The van der Waals surface area contributed by atoms with Gasteiger partial charge in [-0.05, 0) is 54.8 Å². The van der Waals surface area contributed by atoms with Crippen LogP contribution in [0.1, 0.15) is 23.6 Å². The van der Waals surface area contributed by atoms with E-state index >= 15 is 0 Å². The Morgan fingerprint density at radius 1 is 0.897 bits per heavy atom. The van der Waals surface area contributed by atoms with E-state index in [9.17, 15) is 18.0 Å². The van der Waals surface area contributed by atoms with E-state index in [2.05, 4.69) is 5.32 Å². The summed E-state index contributed by atoms with van der Waals surface area (Å²) in [6, 6.07) is 18.1. The van der Waals surface area contributed by atoms with Gasteiger partial charge in [-0.25, -0.2) is 8.42 Å². The molecule has 0 aliphatic heterocycles. The van der Waals surface area contributed by atoms with Crippen LogP contribution in [0.4, 0.5) is 5.69 Å². The van der Waals surface area contributed by atoms with Gasteiger partial charge in [0.15, 0.2) is 0 Å². The number of nitrogens with one attached hydrogen (secondary N) is 1. The summed E-state index contributed by atoms with van der Waals surface area (Å²) in [7, 11) is -3.89. The van der Waals surface area contributed by atoms with Crippen molar-refractivity contribution in [2.75, 3.05) is 23.7 Å². The zero-order chi connectivity index (χ0) is 28.7. The Bertz CT molecular complexity index is 1440. The third-order valence-corrected chi connectivity index (χ3v) is 8.37. The predicted octanol–water partition coefficient (Wildman–Crippen LogP) is 5.50. The smallest absolute Gasteiger partial charge is 0.244 e. The van der Waals surface area contributed by atoms with Crippen molar-refractivity contribution in [3.8, 4) is 0 Å². The third kappa shape index (κ3) is 8.35. The fourth-order valence-corrected chi connectivity index (χ4v) is 5.37. The molecule has 0 radical (unpaired) electrons. The van der Waals surface area contributed by atoms with Gasteiger partial charge < -0.3 is 10.2 Å². The first-order valence-corrected chi connectivity index (χ1v) is 15.2. The van der Waals surface area contributed by atoms with Crippen LogP contribution >= 0.6 is 34.8 Å². The van der Waals surface area contributed by atoms with E-state index < -0.39 is 28.5 Å². The first-order valence-electron chi connectivity index (χ1n) is 12.2. The minimum Gasteiger partial charge on any atom is -0.355 e. The Morgan fingerprint density at radius 3 is 2.18 bits per heavy atom. The number of anilines is 1. The summed E-state index contributed by atoms with van der Waals surface area (Å²) in [5.41, 5.74) is 2.48. The van der Waals surface area contributed by atoms with Gasteiger partial charge in [-0.3, -0.25) is 13.9 Å². The number of halogens is 3. The van der Waals surface area contributed by atoms with Crippen LogP contribution in [0.25, 0.3) is 0 Å². The van der Waals surface area contributed by atoms with Crippen molar-refractivity contribution >= 4 is 62.3 Å². The molecule has 0 aliphatic rings. The zero-order valence-corrected chi connectivity index (χ0v) is 24.9. The number of hydrogen-bond acceptors (Lipinski definition) is 4. The monoisotopic (exact) mass is 609 g/mol. The maximum Gasteiger partial charge on any atom is 0.244 e. The van der Waals surface area contributed by atoms with E-state index in [1.807, 2.05) is 30.3 Å². The molecular formula is C28H30Cl3N3O4S. The van der Waals surface area contributed by atoms with Gasteiger partial charge >= 0.3 is 0 Å². The summed E-state index contributed by atoms with van der Waals surface area (Å²) in [5, 5.41) is 3.82. The molecule has 0 saturated carbocycles. The highest BCUT2D eigenvalue weighted by molar-refractivity contribution is 7.92. The number of hydrogen-bond donors (Lipinski definition) is 1. The highest BCUT2D eigenvalue weighted by atomic mass is 35.5. The summed E-state index contributed by atoms with van der Waals surface area (Å²) in [5.74, 6) is -0.936. The molecule has 0 aliphatic carbocycles. The lowest BCUT2D eigenvalue weighted by Gasteiger charge is -2.33. The van der Waals surface area contributed by atoms with Crippen LogP contribution in [0.15, 0.2) is 66.7 Å². The molecule has 1 N–H and O–H groups in total. The third-order valence-electron chi connectivity index (χ3n) is 6.08.